The largest absolute Gasteiger partial charge is 0.364 e. The van der Waals surface area contributed by atoms with Gasteiger partial charge in [-0.2, -0.15) is 0 Å². The molecule has 2 aliphatic rings. The third kappa shape index (κ3) is 2.72. The van der Waals surface area contributed by atoms with Gasteiger partial charge in [0.05, 0.1) is 18.3 Å². The Labute approximate surface area is 148 Å². The van der Waals surface area contributed by atoms with Crippen molar-refractivity contribution in [2.45, 2.75) is 13.0 Å². The maximum absolute atomic E-state index is 6.48. The first-order chi connectivity index (χ1) is 11.6. The first kappa shape index (κ1) is 15.7. The number of rotatable bonds is 1. The Hall–Kier alpha value is -1.84. The van der Waals surface area contributed by atoms with Crippen LogP contribution in [0.3, 0.4) is 0 Å². The van der Waals surface area contributed by atoms with Crippen LogP contribution in [0.25, 0.3) is 0 Å². The summed E-state index contributed by atoms with van der Waals surface area (Å²) in [6.07, 6.45) is 0. The first-order valence-electron chi connectivity index (χ1n) is 8.49. The second kappa shape index (κ2) is 6.23. The highest BCUT2D eigenvalue weighted by molar-refractivity contribution is 6.35. The van der Waals surface area contributed by atoms with Crippen molar-refractivity contribution < 1.29 is 0 Å². The molecule has 4 rings (SSSR count). The number of benzene rings is 2. The summed E-state index contributed by atoms with van der Waals surface area (Å²) in [5, 5.41) is 0.764. The smallest absolute Gasteiger partial charge is 0.0755 e. The number of nitrogens with zero attached hydrogens (tertiary/aromatic N) is 3. The van der Waals surface area contributed by atoms with Gasteiger partial charge >= 0.3 is 0 Å². The van der Waals surface area contributed by atoms with Gasteiger partial charge in [0, 0.05) is 41.5 Å². The average molecular weight is 340 g/mol. The van der Waals surface area contributed by atoms with Gasteiger partial charge in [0.1, 0.15) is 0 Å². The zero-order valence-corrected chi connectivity index (χ0v) is 14.9. The van der Waals surface area contributed by atoms with Crippen molar-refractivity contribution in [2.24, 2.45) is 4.99 Å². The highest BCUT2D eigenvalue weighted by atomic mass is 35.5. The minimum atomic E-state index is 0.421. The molecule has 0 amide bonds. The molecule has 2 aromatic rings. The molecule has 0 spiro atoms. The highest BCUT2D eigenvalue weighted by Gasteiger charge is 2.30. The summed E-state index contributed by atoms with van der Waals surface area (Å²) in [5.41, 5.74) is 5.82. The number of halogens is 1. The topological polar surface area (TPSA) is 18.8 Å². The summed E-state index contributed by atoms with van der Waals surface area (Å²) in [6.45, 7) is 6.14. The van der Waals surface area contributed by atoms with Crippen LogP contribution < -0.4 is 4.90 Å². The molecule has 1 atom stereocenters. The molecule has 2 heterocycles. The van der Waals surface area contributed by atoms with Crippen LogP contribution in [0.5, 0.6) is 0 Å². The Morgan fingerprint density at radius 3 is 2.75 bits per heavy atom. The predicted molar refractivity (Wildman–Crippen MR) is 102 cm³/mol. The van der Waals surface area contributed by atoms with E-state index in [-0.39, 0.29) is 0 Å². The molecule has 1 unspecified atom stereocenters. The van der Waals surface area contributed by atoms with Crippen molar-refractivity contribution in [2.75, 3.05) is 38.1 Å². The summed E-state index contributed by atoms with van der Waals surface area (Å²) in [5.74, 6) is 0. The molecule has 1 fully saturated rings. The maximum atomic E-state index is 6.48. The fourth-order valence-electron chi connectivity index (χ4n) is 3.73. The van der Waals surface area contributed by atoms with Crippen molar-refractivity contribution in [3.63, 3.8) is 0 Å². The number of piperazine rings is 1. The summed E-state index contributed by atoms with van der Waals surface area (Å²) in [7, 11) is 2.19. The maximum Gasteiger partial charge on any atom is 0.0755 e. The fraction of sp³-hybridized carbons (Fsp3) is 0.350. The van der Waals surface area contributed by atoms with Gasteiger partial charge in [-0.05, 0) is 31.7 Å². The molecule has 0 aliphatic carbocycles. The molecule has 0 radical (unpaired) electrons. The summed E-state index contributed by atoms with van der Waals surface area (Å²) < 4.78 is 0. The van der Waals surface area contributed by atoms with Gasteiger partial charge in [-0.1, -0.05) is 41.9 Å². The fourth-order valence-corrected chi connectivity index (χ4v) is 3.95. The third-order valence-electron chi connectivity index (χ3n) is 4.99. The van der Waals surface area contributed by atoms with Crippen molar-refractivity contribution in [1.82, 2.24) is 4.90 Å². The van der Waals surface area contributed by atoms with Gasteiger partial charge in [-0.25, -0.2) is 0 Å². The van der Waals surface area contributed by atoms with Gasteiger partial charge in [0.25, 0.3) is 0 Å². The van der Waals surface area contributed by atoms with Gasteiger partial charge in [0.2, 0.25) is 0 Å². The molecule has 4 heteroatoms. The number of hydrogen-bond donors (Lipinski definition) is 0. The Balaban J connectivity index is 1.88. The lowest BCUT2D eigenvalue weighted by molar-refractivity contribution is 0.270. The van der Waals surface area contributed by atoms with Crippen molar-refractivity contribution >= 4 is 23.0 Å². The number of anilines is 1. The van der Waals surface area contributed by atoms with E-state index < -0.39 is 0 Å². The number of aliphatic imine (C=N–C) groups is 1. The summed E-state index contributed by atoms with van der Waals surface area (Å²) in [6, 6.07) is 15.1. The minimum Gasteiger partial charge on any atom is -0.364 e. The van der Waals surface area contributed by atoms with Crippen LogP contribution in [0.1, 0.15) is 16.7 Å². The molecule has 124 valence electrons. The molecule has 0 saturated carbocycles. The number of aryl methyl sites for hydroxylation is 1. The standard InChI is InChI=1S/C20H22ClN3/c1-14-7-8-17-19(11-14)24-10-9-23(2)13-15(24)12-22-20(17)16-5-3-4-6-18(16)21/h3-8,11,15H,9-10,12-13H2,1-2H3. The van der Waals surface area contributed by atoms with Gasteiger partial charge in [-0.3, -0.25) is 4.99 Å². The Morgan fingerprint density at radius 2 is 1.92 bits per heavy atom. The van der Waals surface area contributed by atoms with Gasteiger partial charge in [0.15, 0.2) is 0 Å². The molecular weight excluding hydrogens is 318 g/mol. The zero-order chi connectivity index (χ0) is 16.7. The number of hydrogen-bond acceptors (Lipinski definition) is 3. The van der Waals surface area contributed by atoms with Crippen LogP contribution in [0.15, 0.2) is 47.5 Å². The van der Waals surface area contributed by atoms with Crippen LogP contribution >= 0.6 is 11.6 Å². The van der Waals surface area contributed by atoms with Gasteiger partial charge < -0.3 is 9.80 Å². The average Bonchev–Trinajstić information content (AvgIpc) is 2.72. The van der Waals surface area contributed by atoms with E-state index in [1.54, 1.807) is 0 Å². The third-order valence-corrected chi connectivity index (χ3v) is 5.32. The highest BCUT2D eigenvalue weighted by Crippen LogP contribution is 2.32. The Kier molecular flexibility index (Phi) is 4.07. The van der Waals surface area contributed by atoms with Crippen molar-refractivity contribution in [3.05, 3.63) is 64.2 Å². The van der Waals surface area contributed by atoms with E-state index in [0.717, 1.165) is 42.5 Å². The molecule has 2 aromatic carbocycles. The van der Waals surface area contributed by atoms with Crippen molar-refractivity contribution in [1.29, 1.82) is 0 Å². The van der Waals surface area contributed by atoms with Gasteiger partial charge in [-0.15, -0.1) is 0 Å². The normalized spacial score (nSPS) is 20.9. The number of likely N-dealkylation sites (N-methyl/N-ethyl adjacent to an activating group) is 1. The zero-order valence-electron chi connectivity index (χ0n) is 14.2. The molecule has 0 bridgehead atoms. The molecule has 24 heavy (non-hydrogen) atoms. The minimum absolute atomic E-state index is 0.421. The Bertz CT molecular complexity index is 799. The van der Waals surface area contributed by atoms with E-state index >= 15 is 0 Å². The quantitative estimate of drug-likeness (QED) is 0.790. The SMILES string of the molecule is Cc1ccc2c(c1)N1CCN(C)CC1CN=C2c1ccccc1Cl. The van der Waals surface area contributed by atoms with E-state index in [2.05, 4.69) is 48.0 Å². The lowest BCUT2D eigenvalue weighted by Gasteiger charge is -2.40. The lowest BCUT2D eigenvalue weighted by Crippen LogP contribution is -2.53. The Morgan fingerprint density at radius 1 is 1.08 bits per heavy atom. The molecular formula is C20H22ClN3. The monoisotopic (exact) mass is 339 g/mol. The molecule has 3 nitrogen and oxygen atoms in total. The summed E-state index contributed by atoms with van der Waals surface area (Å²) >= 11 is 6.48. The van der Waals surface area contributed by atoms with E-state index in [1.807, 2.05) is 18.2 Å². The summed E-state index contributed by atoms with van der Waals surface area (Å²) in [4.78, 5) is 9.94. The molecule has 2 aliphatic heterocycles. The number of fused-ring (bicyclic) bond motifs is 3. The van der Waals surface area contributed by atoms with Crippen LogP contribution in [-0.4, -0.2) is 49.9 Å². The van der Waals surface area contributed by atoms with Crippen molar-refractivity contribution in [3.8, 4) is 0 Å². The molecule has 1 saturated heterocycles. The second-order valence-electron chi connectivity index (χ2n) is 6.80. The molecule has 0 aromatic heterocycles. The van der Waals surface area contributed by atoms with Crippen LogP contribution in [-0.2, 0) is 0 Å². The lowest BCUT2D eigenvalue weighted by atomic mass is 9.98. The van der Waals surface area contributed by atoms with E-state index in [9.17, 15) is 0 Å². The van der Waals surface area contributed by atoms with Crippen LogP contribution in [0.4, 0.5) is 5.69 Å². The van der Waals surface area contributed by atoms with Crippen LogP contribution in [0.2, 0.25) is 5.02 Å². The molecule has 0 N–H and O–H groups in total. The van der Waals surface area contributed by atoms with Crippen LogP contribution in [0, 0.1) is 6.92 Å². The van der Waals surface area contributed by atoms with E-state index in [1.165, 1.54) is 16.8 Å². The van der Waals surface area contributed by atoms with E-state index in [0.29, 0.717) is 6.04 Å². The predicted octanol–water partition coefficient (Wildman–Crippen LogP) is 3.62. The second-order valence-corrected chi connectivity index (χ2v) is 7.21. The van der Waals surface area contributed by atoms with E-state index in [4.69, 9.17) is 16.6 Å². The first-order valence-corrected chi connectivity index (χ1v) is 8.87.